The van der Waals surface area contributed by atoms with Crippen LogP contribution in [0.4, 0.5) is 10.3 Å². The Morgan fingerprint density at radius 3 is 2.66 bits per heavy atom. The lowest BCUT2D eigenvalue weighted by Crippen LogP contribution is -2.50. The molecular formula is C23H26FN5O3. The van der Waals surface area contributed by atoms with Crippen molar-refractivity contribution in [3.8, 4) is 17.3 Å². The topological polar surface area (TPSA) is 74.5 Å². The van der Waals surface area contributed by atoms with Crippen LogP contribution in [0.2, 0.25) is 0 Å². The number of rotatable bonds is 5. The van der Waals surface area contributed by atoms with Crippen LogP contribution in [0, 0.1) is 5.82 Å². The molecule has 0 unspecified atom stereocenters. The Labute approximate surface area is 185 Å². The summed E-state index contributed by atoms with van der Waals surface area (Å²) in [4.78, 5) is 6.54. The molecule has 2 aromatic heterocycles. The van der Waals surface area contributed by atoms with Crippen LogP contribution in [0.15, 0.2) is 36.5 Å². The Balaban J connectivity index is 1.38. The maximum absolute atomic E-state index is 13.7. The molecule has 32 heavy (non-hydrogen) atoms. The van der Waals surface area contributed by atoms with Crippen molar-refractivity contribution < 1.29 is 18.6 Å². The number of pyridine rings is 1. The first-order chi connectivity index (χ1) is 15.6. The van der Waals surface area contributed by atoms with E-state index in [1.54, 1.807) is 20.4 Å². The minimum atomic E-state index is -0.265. The van der Waals surface area contributed by atoms with Crippen molar-refractivity contribution in [2.24, 2.45) is 0 Å². The van der Waals surface area contributed by atoms with Crippen LogP contribution < -0.4 is 14.4 Å². The number of hydrogen-bond donors (Lipinski definition) is 0. The summed E-state index contributed by atoms with van der Waals surface area (Å²) in [6, 6.07) is 8.58. The van der Waals surface area contributed by atoms with Gasteiger partial charge in [0.25, 0.3) is 0 Å². The average molecular weight is 439 g/mol. The van der Waals surface area contributed by atoms with Gasteiger partial charge in [0.1, 0.15) is 23.8 Å². The monoisotopic (exact) mass is 439 g/mol. The van der Waals surface area contributed by atoms with Crippen molar-refractivity contribution in [2.45, 2.75) is 37.9 Å². The molecule has 8 nitrogen and oxygen atoms in total. The fourth-order valence-electron chi connectivity index (χ4n) is 4.57. The Morgan fingerprint density at radius 2 is 1.94 bits per heavy atom. The number of anilines is 1. The van der Waals surface area contributed by atoms with Gasteiger partial charge in [-0.25, -0.2) is 9.37 Å². The van der Waals surface area contributed by atoms with E-state index in [4.69, 9.17) is 14.2 Å². The van der Waals surface area contributed by atoms with Gasteiger partial charge in [0.05, 0.1) is 19.0 Å². The first-order valence-corrected chi connectivity index (χ1v) is 10.8. The summed E-state index contributed by atoms with van der Waals surface area (Å²) in [5, 5.41) is 8.83. The molecular weight excluding hydrogens is 413 g/mol. The Bertz CT molecular complexity index is 1090. The lowest BCUT2D eigenvalue weighted by Gasteiger charge is -2.44. The number of hydrogen-bond acceptors (Lipinski definition) is 7. The molecule has 9 heteroatoms. The molecule has 0 amide bonds. The van der Waals surface area contributed by atoms with Crippen LogP contribution in [0.5, 0.6) is 11.6 Å². The Hall–Kier alpha value is -3.20. The van der Waals surface area contributed by atoms with Gasteiger partial charge in [-0.05, 0) is 30.5 Å². The van der Waals surface area contributed by atoms with Crippen LogP contribution in [-0.2, 0) is 17.8 Å². The highest BCUT2D eigenvalue weighted by Crippen LogP contribution is 2.40. The van der Waals surface area contributed by atoms with Gasteiger partial charge >= 0.3 is 0 Å². The van der Waals surface area contributed by atoms with E-state index in [-0.39, 0.29) is 11.4 Å². The summed E-state index contributed by atoms with van der Waals surface area (Å²) in [5.74, 6) is 2.42. The van der Waals surface area contributed by atoms with E-state index >= 15 is 0 Å². The summed E-state index contributed by atoms with van der Waals surface area (Å²) >= 11 is 0. The molecule has 2 aliphatic rings. The molecule has 0 saturated carbocycles. The van der Waals surface area contributed by atoms with Crippen molar-refractivity contribution in [3.05, 3.63) is 53.7 Å². The summed E-state index contributed by atoms with van der Waals surface area (Å²) in [7, 11) is 3.23. The third-order valence-electron chi connectivity index (χ3n) is 6.34. The number of piperidine rings is 1. The van der Waals surface area contributed by atoms with Gasteiger partial charge < -0.3 is 19.1 Å². The number of methoxy groups -OCH3 is 2. The van der Waals surface area contributed by atoms with Gasteiger partial charge in [0, 0.05) is 45.2 Å². The number of benzene rings is 1. The summed E-state index contributed by atoms with van der Waals surface area (Å²) in [6.07, 6.45) is 5.24. The minimum absolute atomic E-state index is 0.259. The number of ether oxygens (including phenoxy) is 3. The second-order valence-corrected chi connectivity index (χ2v) is 8.27. The van der Waals surface area contributed by atoms with Crippen molar-refractivity contribution in [3.63, 3.8) is 0 Å². The van der Waals surface area contributed by atoms with Crippen molar-refractivity contribution in [1.29, 1.82) is 0 Å². The summed E-state index contributed by atoms with van der Waals surface area (Å²) in [6.45, 7) is 1.86. The molecule has 3 aromatic rings. The number of aromatic nitrogens is 4. The standard InChI is InChI=1S/C23H26FN5O3/c1-30-15-20-26-27-22(29(20)18-5-6-21(31-2)25-14-18)28-11-9-23(10-12-28)8-7-16-3-4-17(24)13-19(16)32-23/h3-6,13-14H,7-12,15H2,1-2H3. The molecule has 0 N–H and O–H groups in total. The van der Waals surface area contributed by atoms with E-state index in [0.29, 0.717) is 24.1 Å². The van der Waals surface area contributed by atoms with Crippen LogP contribution in [0.1, 0.15) is 30.7 Å². The zero-order chi connectivity index (χ0) is 22.1. The van der Waals surface area contributed by atoms with Crippen LogP contribution >= 0.6 is 0 Å². The number of nitrogens with zero attached hydrogens (tertiary/aromatic N) is 5. The molecule has 1 saturated heterocycles. The van der Waals surface area contributed by atoms with Crippen LogP contribution in [0.3, 0.4) is 0 Å². The molecule has 5 rings (SSSR count). The van der Waals surface area contributed by atoms with Crippen LogP contribution in [-0.4, -0.2) is 52.7 Å². The van der Waals surface area contributed by atoms with Gasteiger partial charge in [-0.2, -0.15) is 0 Å². The second kappa shape index (κ2) is 8.38. The van der Waals surface area contributed by atoms with E-state index in [1.807, 2.05) is 22.8 Å². The van der Waals surface area contributed by atoms with E-state index in [2.05, 4.69) is 20.1 Å². The first-order valence-electron chi connectivity index (χ1n) is 10.8. The van der Waals surface area contributed by atoms with Gasteiger partial charge in [-0.1, -0.05) is 6.07 Å². The normalized spacial score (nSPS) is 17.2. The third-order valence-corrected chi connectivity index (χ3v) is 6.34. The molecule has 1 fully saturated rings. The molecule has 4 heterocycles. The molecule has 2 aliphatic heterocycles. The first kappa shape index (κ1) is 20.7. The molecule has 0 atom stereocenters. The van der Waals surface area contributed by atoms with E-state index < -0.39 is 0 Å². The predicted octanol–water partition coefficient (Wildman–Crippen LogP) is 3.32. The van der Waals surface area contributed by atoms with Crippen LogP contribution in [0.25, 0.3) is 5.69 Å². The summed E-state index contributed by atoms with van der Waals surface area (Å²) in [5.41, 5.74) is 1.66. The van der Waals surface area contributed by atoms with E-state index in [9.17, 15) is 4.39 Å². The quantitative estimate of drug-likeness (QED) is 0.604. The highest BCUT2D eigenvalue weighted by atomic mass is 19.1. The zero-order valence-electron chi connectivity index (χ0n) is 18.3. The third kappa shape index (κ3) is 3.77. The van der Waals surface area contributed by atoms with E-state index in [0.717, 1.165) is 56.0 Å². The zero-order valence-corrected chi connectivity index (χ0v) is 18.3. The molecule has 1 spiro atoms. The second-order valence-electron chi connectivity index (χ2n) is 8.27. The maximum atomic E-state index is 13.7. The van der Waals surface area contributed by atoms with Gasteiger partial charge in [0.2, 0.25) is 11.8 Å². The summed E-state index contributed by atoms with van der Waals surface area (Å²) < 4.78 is 32.6. The highest BCUT2D eigenvalue weighted by molar-refractivity contribution is 5.45. The number of fused-ring (bicyclic) bond motifs is 1. The maximum Gasteiger partial charge on any atom is 0.232 e. The highest BCUT2D eigenvalue weighted by Gasteiger charge is 2.40. The predicted molar refractivity (Wildman–Crippen MR) is 116 cm³/mol. The average Bonchev–Trinajstić information content (AvgIpc) is 3.23. The van der Waals surface area contributed by atoms with Crippen molar-refractivity contribution >= 4 is 5.95 Å². The largest absolute Gasteiger partial charge is 0.487 e. The Morgan fingerprint density at radius 1 is 1.09 bits per heavy atom. The van der Waals surface area contributed by atoms with Gasteiger partial charge in [-0.3, -0.25) is 4.57 Å². The molecule has 0 radical (unpaired) electrons. The fraction of sp³-hybridized carbons (Fsp3) is 0.435. The smallest absolute Gasteiger partial charge is 0.232 e. The van der Waals surface area contributed by atoms with Crippen molar-refractivity contribution in [1.82, 2.24) is 19.7 Å². The Kier molecular flexibility index (Phi) is 5.42. The number of halogens is 1. The molecule has 168 valence electrons. The molecule has 0 bridgehead atoms. The number of aryl methyl sites for hydroxylation is 1. The SMILES string of the molecule is COCc1nnc(N2CCC3(CCc4ccc(F)cc4O3)CC2)n1-c1ccc(OC)nc1. The lowest BCUT2D eigenvalue weighted by atomic mass is 9.83. The fourth-order valence-corrected chi connectivity index (χ4v) is 4.57. The van der Waals surface area contributed by atoms with Gasteiger partial charge in [-0.15, -0.1) is 10.2 Å². The minimum Gasteiger partial charge on any atom is -0.487 e. The lowest BCUT2D eigenvalue weighted by molar-refractivity contribution is 0.0219. The molecule has 0 aliphatic carbocycles. The molecule has 1 aromatic carbocycles. The van der Waals surface area contributed by atoms with Gasteiger partial charge in [0.15, 0.2) is 5.82 Å². The van der Waals surface area contributed by atoms with Crippen molar-refractivity contribution in [2.75, 3.05) is 32.2 Å². The van der Waals surface area contributed by atoms with E-state index in [1.165, 1.54) is 12.1 Å².